The van der Waals surface area contributed by atoms with Crippen molar-refractivity contribution in [3.05, 3.63) is 35.4 Å². The first kappa shape index (κ1) is 16.3. The first-order valence-electron chi connectivity index (χ1n) is 7.86. The lowest BCUT2D eigenvalue weighted by molar-refractivity contribution is 0.392. The molecular weight excluding hydrogens is 279 g/mol. The van der Waals surface area contributed by atoms with Crippen molar-refractivity contribution in [2.75, 3.05) is 0 Å². The van der Waals surface area contributed by atoms with Crippen molar-refractivity contribution in [1.82, 2.24) is 0 Å². The molecule has 0 bridgehead atoms. The normalized spacial score (nSPS) is 17.9. The van der Waals surface area contributed by atoms with Gasteiger partial charge in [-0.05, 0) is 40.4 Å². The van der Waals surface area contributed by atoms with Crippen LogP contribution in [-0.2, 0) is 0 Å². The van der Waals surface area contributed by atoms with Crippen LogP contribution in [0.1, 0.15) is 58.8 Å². The third-order valence-corrected chi connectivity index (χ3v) is 10.7. The summed E-state index contributed by atoms with van der Waals surface area (Å²) in [6.45, 7) is 13.5. The van der Waals surface area contributed by atoms with Crippen LogP contribution in [0.4, 0.5) is 4.39 Å². The Morgan fingerprint density at radius 3 is 2.14 bits per heavy atom. The Kier molecular flexibility index (Phi) is 4.62. The fourth-order valence-corrected chi connectivity index (χ4v) is 9.10. The number of rotatable bonds is 5. The topological polar surface area (TPSA) is 9.23 Å². The van der Waals surface area contributed by atoms with Gasteiger partial charge in [0, 0.05) is 5.56 Å². The zero-order chi connectivity index (χ0) is 15.8. The molecule has 1 nitrogen and oxygen atoms in total. The molecule has 1 aromatic rings. The van der Waals surface area contributed by atoms with Crippen LogP contribution in [0.5, 0.6) is 5.75 Å². The van der Waals surface area contributed by atoms with E-state index in [4.69, 9.17) is 4.43 Å². The van der Waals surface area contributed by atoms with Crippen LogP contribution in [0, 0.1) is 6.08 Å². The van der Waals surface area contributed by atoms with E-state index in [2.05, 4.69) is 47.6 Å². The summed E-state index contributed by atoms with van der Waals surface area (Å²) in [4.78, 5) is 0. The second-order valence-electron chi connectivity index (χ2n) is 6.85. The van der Waals surface area contributed by atoms with Gasteiger partial charge in [0.15, 0.2) is 6.17 Å². The molecule has 0 amide bonds. The third-order valence-electron chi connectivity index (χ3n) is 4.73. The van der Waals surface area contributed by atoms with Crippen molar-refractivity contribution >= 4 is 14.4 Å². The van der Waals surface area contributed by atoms with Crippen LogP contribution in [0.2, 0.25) is 16.6 Å². The van der Waals surface area contributed by atoms with Crippen LogP contribution in [0.3, 0.4) is 0 Å². The predicted molar refractivity (Wildman–Crippen MR) is 89.7 cm³/mol. The van der Waals surface area contributed by atoms with Gasteiger partial charge in [0.1, 0.15) is 5.75 Å². The summed E-state index contributed by atoms with van der Waals surface area (Å²) in [6, 6.07) is 5.80. The van der Waals surface area contributed by atoms with Crippen LogP contribution in [0.25, 0.3) is 6.08 Å². The van der Waals surface area contributed by atoms with E-state index in [0.29, 0.717) is 22.2 Å². The lowest BCUT2D eigenvalue weighted by Gasteiger charge is -2.42. The molecule has 1 aliphatic rings. The van der Waals surface area contributed by atoms with E-state index in [1.165, 1.54) is 0 Å². The summed E-state index contributed by atoms with van der Waals surface area (Å²) < 4.78 is 20.8. The molecule has 0 fully saturated rings. The van der Waals surface area contributed by atoms with Crippen LogP contribution < -0.4 is 4.43 Å². The minimum Gasteiger partial charge on any atom is -0.542 e. The smallest absolute Gasteiger partial charge is 0.258 e. The lowest BCUT2D eigenvalue weighted by Crippen LogP contribution is -2.50. The van der Waals surface area contributed by atoms with Gasteiger partial charge in [-0.2, -0.15) is 0 Å². The highest BCUT2D eigenvalue weighted by Gasteiger charge is 2.47. The van der Waals surface area contributed by atoms with Crippen molar-refractivity contribution in [1.29, 1.82) is 0 Å². The average Bonchev–Trinajstić information content (AvgIpc) is 2.77. The van der Waals surface area contributed by atoms with Crippen molar-refractivity contribution in [2.45, 2.75) is 64.3 Å². The van der Waals surface area contributed by atoms with E-state index in [-0.39, 0.29) is 0 Å². The highest BCUT2D eigenvalue weighted by Crippen LogP contribution is 2.46. The van der Waals surface area contributed by atoms with Gasteiger partial charge in [0.05, 0.1) is 0 Å². The van der Waals surface area contributed by atoms with E-state index in [9.17, 15) is 4.39 Å². The highest BCUT2D eigenvalue weighted by atomic mass is 28.4. The number of allylic oxidation sites excluding steroid dienone is 1. The van der Waals surface area contributed by atoms with Crippen LogP contribution in [0.15, 0.2) is 18.2 Å². The molecule has 0 heterocycles. The SMILES string of the molecule is CC(C)[Si](Oc1cccc2c1C(F)[C]=C2)(C(C)C)C(C)C. The first-order chi connectivity index (χ1) is 9.80. The molecule has 0 saturated heterocycles. The van der Waals surface area contributed by atoms with Gasteiger partial charge in [-0.15, -0.1) is 0 Å². The maximum atomic E-state index is 14.1. The monoisotopic (exact) mass is 305 g/mol. The fraction of sp³-hybridized carbons (Fsp3) is 0.556. The zero-order valence-electron chi connectivity index (χ0n) is 13.9. The number of hydrogen-bond acceptors (Lipinski definition) is 1. The molecule has 0 aromatic heterocycles. The number of hydrogen-bond donors (Lipinski definition) is 0. The maximum Gasteiger partial charge on any atom is 0.258 e. The number of alkyl halides is 1. The third kappa shape index (κ3) is 2.68. The van der Waals surface area contributed by atoms with Gasteiger partial charge in [-0.3, -0.25) is 0 Å². The van der Waals surface area contributed by atoms with Gasteiger partial charge >= 0.3 is 0 Å². The first-order valence-corrected chi connectivity index (χ1v) is 10.00. The number of benzene rings is 1. The Bertz CT molecular complexity index is 512. The van der Waals surface area contributed by atoms with E-state index in [0.717, 1.165) is 11.3 Å². The zero-order valence-corrected chi connectivity index (χ0v) is 14.9. The molecule has 0 saturated carbocycles. The molecule has 1 atom stereocenters. The van der Waals surface area contributed by atoms with E-state index in [1.54, 1.807) is 6.08 Å². The molecule has 1 aliphatic carbocycles. The van der Waals surface area contributed by atoms with E-state index >= 15 is 0 Å². The molecule has 1 aromatic carbocycles. The second-order valence-corrected chi connectivity index (χ2v) is 12.2. The summed E-state index contributed by atoms with van der Waals surface area (Å²) in [5.74, 6) is 0.726. The van der Waals surface area contributed by atoms with Crippen molar-refractivity contribution in [2.24, 2.45) is 0 Å². The summed E-state index contributed by atoms with van der Waals surface area (Å²) in [7, 11) is -2.05. The molecule has 2 rings (SSSR count). The Morgan fingerprint density at radius 1 is 1.05 bits per heavy atom. The van der Waals surface area contributed by atoms with Gasteiger partial charge < -0.3 is 4.43 Å². The Morgan fingerprint density at radius 2 is 1.62 bits per heavy atom. The Labute approximate surface area is 129 Å². The molecule has 1 radical (unpaired) electrons. The summed E-state index contributed by atoms with van der Waals surface area (Å²) >= 11 is 0. The summed E-state index contributed by atoms with van der Waals surface area (Å²) in [6.07, 6.45) is 3.32. The largest absolute Gasteiger partial charge is 0.542 e. The molecule has 0 aliphatic heterocycles. The van der Waals surface area contributed by atoms with Gasteiger partial charge in [0.2, 0.25) is 0 Å². The molecule has 1 unspecified atom stereocenters. The minimum absolute atomic E-state index is 0.477. The molecule has 0 N–H and O–H groups in total. The molecule has 115 valence electrons. The Balaban J connectivity index is 2.47. The van der Waals surface area contributed by atoms with Gasteiger partial charge in [-0.1, -0.05) is 53.7 Å². The van der Waals surface area contributed by atoms with Gasteiger partial charge in [-0.25, -0.2) is 4.39 Å². The molecule has 3 heteroatoms. The maximum absolute atomic E-state index is 14.1. The molecule has 21 heavy (non-hydrogen) atoms. The molecular formula is C18H26FOSi. The number of halogens is 1. The van der Waals surface area contributed by atoms with Crippen molar-refractivity contribution in [3.8, 4) is 5.75 Å². The average molecular weight is 305 g/mol. The summed E-state index contributed by atoms with van der Waals surface area (Å²) in [5.41, 5.74) is 3.00. The number of fused-ring (bicyclic) bond motifs is 1. The minimum atomic E-state index is -2.05. The summed E-state index contributed by atoms with van der Waals surface area (Å²) in [5, 5.41) is 0. The Hall–Kier alpha value is -1.09. The van der Waals surface area contributed by atoms with Crippen molar-refractivity contribution < 1.29 is 8.82 Å². The predicted octanol–water partition coefficient (Wildman–Crippen LogP) is 6.08. The van der Waals surface area contributed by atoms with E-state index in [1.807, 2.05) is 18.2 Å². The quantitative estimate of drug-likeness (QED) is 0.599. The van der Waals surface area contributed by atoms with E-state index < -0.39 is 14.5 Å². The fourth-order valence-electron chi connectivity index (χ4n) is 3.84. The van der Waals surface area contributed by atoms with Crippen LogP contribution in [-0.4, -0.2) is 8.32 Å². The van der Waals surface area contributed by atoms with Crippen LogP contribution >= 0.6 is 0 Å². The van der Waals surface area contributed by atoms with Gasteiger partial charge in [0.25, 0.3) is 8.32 Å². The molecule has 0 spiro atoms. The lowest BCUT2D eigenvalue weighted by atomic mass is 10.1. The standard InChI is InChI=1S/C18H26FOSi/c1-12(2)21(13(3)4,14(5)6)20-17-9-7-8-15-10-11-16(19)18(15)17/h7-10,12-14,16H,1-6H3. The van der Waals surface area contributed by atoms with Crippen molar-refractivity contribution in [3.63, 3.8) is 0 Å². The highest BCUT2D eigenvalue weighted by molar-refractivity contribution is 6.78. The second kappa shape index (κ2) is 5.96.